The third kappa shape index (κ3) is 2.82. The zero-order valence-electron chi connectivity index (χ0n) is 14.8. The Balaban J connectivity index is 1.42. The Morgan fingerprint density at radius 1 is 1.24 bits per heavy atom. The van der Waals surface area contributed by atoms with Crippen molar-refractivity contribution in [1.29, 1.82) is 0 Å². The van der Waals surface area contributed by atoms with Crippen molar-refractivity contribution in [2.24, 2.45) is 5.92 Å². The second-order valence-electron chi connectivity index (χ2n) is 7.73. The molecule has 136 valence electrons. The second kappa shape index (κ2) is 6.09. The Hall–Kier alpha value is -1.96. The molecule has 2 unspecified atom stereocenters. The monoisotopic (exact) mass is 347 g/mol. The van der Waals surface area contributed by atoms with Gasteiger partial charge in [0.25, 0.3) is 5.91 Å². The first-order chi connectivity index (χ1) is 12.0. The molecular formula is C17H25N5O3. The lowest BCUT2D eigenvalue weighted by atomic mass is 9.80. The van der Waals surface area contributed by atoms with Crippen LogP contribution >= 0.6 is 0 Å². The van der Waals surface area contributed by atoms with Gasteiger partial charge in [0.2, 0.25) is 11.8 Å². The van der Waals surface area contributed by atoms with Crippen molar-refractivity contribution >= 4 is 11.9 Å². The molecular weight excluding hydrogens is 322 g/mol. The molecule has 3 aliphatic rings. The van der Waals surface area contributed by atoms with Crippen LogP contribution in [0.25, 0.3) is 0 Å². The third-order valence-corrected chi connectivity index (χ3v) is 6.04. The number of hydrogen-bond acceptors (Lipinski definition) is 6. The van der Waals surface area contributed by atoms with Crippen LogP contribution in [-0.2, 0) is 11.3 Å². The van der Waals surface area contributed by atoms with Crippen molar-refractivity contribution < 1.29 is 14.0 Å². The topological polar surface area (TPSA) is 91.6 Å². The van der Waals surface area contributed by atoms with Gasteiger partial charge in [-0.3, -0.25) is 14.6 Å². The summed E-state index contributed by atoms with van der Waals surface area (Å²) in [4.78, 5) is 27.8. The molecule has 3 heterocycles. The quantitative estimate of drug-likeness (QED) is 0.830. The van der Waals surface area contributed by atoms with Crippen molar-refractivity contribution in [3.8, 4) is 0 Å². The lowest BCUT2D eigenvalue weighted by molar-refractivity contribution is -0.132. The lowest BCUT2D eigenvalue weighted by Crippen LogP contribution is -2.55. The summed E-state index contributed by atoms with van der Waals surface area (Å²) in [6.07, 6.45) is 5.42. The number of imide groups is 1. The molecule has 0 radical (unpaired) electrons. The van der Waals surface area contributed by atoms with Crippen LogP contribution < -0.4 is 5.32 Å². The normalized spacial score (nSPS) is 31.3. The van der Waals surface area contributed by atoms with E-state index in [0.29, 0.717) is 18.4 Å². The van der Waals surface area contributed by atoms with Crippen LogP contribution in [0.3, 0.4) is 0 Å². The van der Waals surface area contributed by atoms with Gasteiger partial charge < -0.3 is 9.73 Å². The molecule has 1 aromatic heterocycles. The first-order valence-corrected chi connectivity index (χ1v) is 9.12. The van der Waals surface area contributed by atoms with E-state index in [1.807, 2.05) is 6.92 Å². The van der Waals surface area contributed by atoms with Gasteiger partial charge in [0.1, 0.15) is 5.54 Å². The molecule has 1 N–H and O–H groups in total. The molecule has 1 saturated carbocycles. The van der Waals surface area contributed by atoms with Gasteiger partial charge in [-0.15, -0.1) is 10.2 Å². The van der Waals surface area contributed by atoms with E-state index in [1.54, 1.807) is 0 Å². The molecule has 0 spiro atoms. The summed E-state index contributed by atoms with van der Waals surface area (Å²) >= 11 is 0. The maximum absolute atomic E-state index is 12.5. The first-order valence-electron chi connectivity index (χ1n) is 9.12. The van der Waals surface area contributed by atoms with Gasteiger partial charge in [-0.25, -0.2) is 4.79 Å². The highest BCUT2D eigenvalue weighted by atomic mass is 16.4. The number of likely N-dealkylation sites (tertiary alicyclic amines) is 1. The average molecular weight is 347 g/mol. The molecule has 2 atom stereocenters. The molecule has 0 bridgehead atoms. The summed E-state index contributed by atoms with van der Waals surface area (Å²) in [6, 6.07) is -0.313. The Kier molecular flexibility index (Phi) is 4.02. The molecule has 1 aliphatic carbocycles. The Morgan fingerprint density at radius 2 is 2.04 bits per heavy atom. The van der Waals surface area contributed by atoms with Crippen molar-refractivity contribution in [3.05, 3.63) is 11.8 Å². The number of piperidine rings is 1. The van der Waals surface area contributed by atoms with Gasteiger partial charge in [-0.2, -0.15) is 0 Å². The SMILES string of the molecule is CN1C(=O)NC(C)(C2CCCN(Cc3nnc(C4CCC4)o3)C2)C1=O. The van der Waals surface area contributed by atoms with Gasteiger partial charge in [0.05, 0.1) is 6.54 Å². The van der Waals surface area contributed by atoms with E-state index in [-0.39, 0.29) is 17.9 Å². The molecule has 25 heavy (non-hydrogen) atoms. The van der Waals surface area contributed by atoms with E-state index in [9.17, 15) is 9.59 Å². The Morgan fingerprint density at radius 3 is 2.68 bits per heavy atom. The van der Waals surface area contributed by atoms with Gasteiger partial charge in [-0.1, -0.05) is 6.42 Å². The number of amides is 3. The first kappa shape index (κ1) is 16.5. The fraction of sp³-hybridized carbons (Fsp3) is 0.765. The predicted octanol–water partition coefficient (Wildman–Crippen LogP) is 1.49. The molecule has 2 saturated heterocycles. The summed E-state index contributed by atoms with van der Waals surface area (Å²) in [7, 11) is 1.53. The Bertz CT molecular complexity index is 686. The molecule has 3 amide bonds. The van der Waals surface area contributed by atoms with Crippen LogP contribution in [0, 0.1) is 5.92 Å². The summed E-state index contributed by atoms with van der Waals surface area (Å²) in [5.41, 5.74) is -0.823. The third-order valence-electron chi connectivity index (χ3n) is 6.04. The maximum Gasteiger partial charge on any atom is 0.324 e. The van der Waals surface area contributed by atoms with Crippen LogP contribution in [-0.4, -0.2) is 57.6 Å². The lowest BCUT2D eigenvalue weighted by Gasteiger charge is -2.39. The highest BCUT2D eigenvalue weighted by Crippen LogP contribution is 2.36. The van der Waals surface area contributed by atoms with Crippen LogP contribution in [0.15, 0.2) is 4.42 Å². The number of rotatable bonds is 4. The number of aromatic nitrogens is 2. The average Bonchev–Trinajstić information content (AvgIpc) is 3.06. The second-order valence-corrected chi connectivity index (χ2v) is 7.73. The number of carbonyl (C=O) groups is 2. The van der Waals surface area contributed by atoms with E-state index < -0.39 is 5.54 Å². The van der Waals surface area contributed by atoms with E-state index in [4.69, 9.17) is 4.42 Å². The number of hydrogen-bond donors (Lipinski definition) is 1. The molecule has 4 rings (SSSR count). The molecule has 0 aromatic carbocycles. The molecule has 3 fully saturated rings. The van der Waals surface area contributed by atoms with Gasteiger partial charge >= 0.3 is 6.03 Å². The summed E-state index contributed by atoms with van der Waals surface area (Å²) < 4.78 is 5.82. The molecule has 2 aliphatic heterocycles. The number of carbonyl (C=O) groups excluding carboxylic acids is 2. The minimum absolute atomic E-state index is 0.0803. The largest absolute Gasteiger partial charge is 0.424 e. The van der Waals surface area contributed by atoms with Crippen molar-refractivity contribution in [1.82, 2.24) is 25.3 Å². The smallest absolute Gasteiger partial charge is 0.324 e. The van der Waals surface area contributed by atoms with E-state index in [2.05, 4.69) is 20.4 Å². The predicted molar refractivity (Wildman–Crippen MR) is 88.6 cm³/mol. The van der Waals surface area contributed by atoms with E-state index >= 15 is 0 Å². The number of nitrogens with one attached hydrogen (secondary N) is 1. The molecule has 8 nitrogen and oxygen atoms in total. The van der Waals surface area contributed by atoms with Crippen LogP contribution in [0.5, 0.6) is 0 Å². The highest BCUT2D eigenvalue weighted by molar-refractivity contribution is 6.06. The molecule has 1 aromatic rings. The maximum atomic E-state index is 12.5. The Labute approximate surface area is 146 Å². The van der Waals surface area contributed by atoms with Gasteiger partial charge in [-0.05, 0) is 39.2 Å². The standard InChI is InChI=1S/C17H25N5O3/c1-17(15(23)21(2)16(24)18-17)12-7-4-8-22(9-12)10-13-19-20-14(25-13)11-5-3-6-11/h11-12H,3-10H2,1-2H3,(H,18,24). The summed E-state index contributed by atoms with van der Waals surface area (Å²) in [5.74, 6) is 1.79. The minimum atomic E-state index is -0.823. The number of likely N-dealkylation sites (N-methyl/N-ethyl adjacent to an activating group) is 1. The van der Waals surface area contributed by atoms with Crippen molar-refractivity contribution in [3.63, 3.8) is 0 Å². The van der Waals surface area contributed by atoms with E-state index in [1.165, 1.54) is 18.4 Å². The summed E-state index contributed by atoms with van der Waals surface area (Å²) in [6.45, 7) is 4.11. The van der Waals surface area contributed by atoms with Crippen LogP contribution in [0.1, 0.15) is 56.7 Å². The van der Waals surface area contributed by atoms with Gasteiger partial charge in [0, 0.05) is 25.4 Å². The highest BCUT2D eigenvalue weighted by Gasteiger charge is 2.51. The zero-order valence-corrected chi connectivity index (χ0v) is 14.8. The van der Waals surface area contributed by atoms with Crippen LogP contribution in [0.2, 0.25) is 0 Å². The van der Waals surface area contributed by atoms with Crippen LogP contribution in [0.4, 0.5) is 4.79 Å². The number of nitrogens with zero attached hydrogens (tertiary/aromatic N) is 4. The fourth-order valence-corrected chi connectivity index (χ4v) is 4.09. The number of urea groups is 1. The fourth-order valence-electron chi connectivity index (χ4n) is 4.09. The molecule has 8 heteroatoms. The van der Waals surface area contributed by atoms with Crippen molar-refractivity contribution in [2.75, 3.05) is 20.1 Å². The minimum Gasteiger partial charge on any atom is -0.424 e. The zero-order chi connectivity index (χ0) is 17.6. The summed E-state index contributed by atoms with van der Waals surface area (Å²) in [5, 5.41) is 11.3. The van der Waals surface area contributed by atoms with E-state index in [0.717, 1.165) is 44.7 Å². The van der Waals surface area contributed by atoms with Gasteiger partial charge in [0.15, 0.2) is 0 Å². The van der Waals surface area contributed by atoms with Crippen molar-refractivity contribution in [2.45, 2.75) is 57.0 Å².